The van der Waals surface area contributed by atoms with Crippen molar-refractivity contribution >= 4 is 16.8 Å². The summed E-state index contributed by atoms with van der Waals surface area (Å²) in [5, 5.41) is -0.243. The van der Waals surface area contributed by atoms with Gasteiger partial charge in [-0.1, -0.05) is 6.42 Å². The molecular formula is C6H12ClNO. The number of halogens is 1. The van der Waals surface area contributed by atoms with Crippen molar-refractivity contribution in [1.82, 2.24) is 0 Å². The van der Waals surface area contributed by atoms with Crippen LogP contribution in [0.25, 0.3) is 0 Å². The quantitative estimate of drug-likeness (QED) is 0.473. The van der Waals surface area contributed by atoms with Gasteiger partial charge in [0.2, 0.25) is 5.24 Å². The second-order valence-electron chi connectivity index (χ2n) is 1.95. The molecule has 0 saturated heterocycles. The molecule has 0 aliphatic heterocycles. The molecule has 2 N–H and O–H groups in total. The van der Waals surface area contributed by atoms with Gasteiger partial charge in [-0.05, 0) is 31.0 Å². The van der Waals surface area contributed by atoms with Gasteiger partial charge in [0.1, 0.15) is 0 Å². The molecule has 0 aliphatic carbocycles. The zero-order valence-corrected chi connectivity index (χ0v) is 6.16. The Hall–Kier alpha value is -0.0800. The summed E-state index contributed by atoms with van der Waals surface area (Å²) in [5.41, 5.74) is 5.23. The van der Waals surface area contributed by atoms with E-state index in [0.717, 1.165) is 19.3 Å². The lowest BCUT2D eigenvalue weighted by atomic mass is 10.2. The second-order valence-corrected chi connectivity index (χ2v) is 2.38. The fourth-order valence-electron chi connectivity index (χ4n) is 0.585. The van der Waals surface area contributed by atoms with Crippen LogP contribution in [0, 0.1) is 0 Å². The summed E-state index contributed by atoms with van der Waals surface area (Å²) in [7, 11) is 0. The van der Waals surface area contributed by atoms with Gasteiger partial charge in [0.15, 0.2) is 0 Å². The van der Waals surface area contributed by atoms with Crippen molar-refractivity contribution in [2.45, 2.75) is 25.7 Å². The van der Waals surface area contributed by atoms with Gasteiger partial charge in [0.05, 0.1) is 0 Å². The monoisotopic (exact) mass is 149 g/mol. The maximum atomic E-state index is 10.1. The molecule has 0 aromatic rings. The standard InChI is InChI=1S/C6H12ClNO/c7-6(9)4-2-1-3-5-8/h1-5,8H2. The van der Waals surface area contributed by atoms with Crippen LogP contribution >= 0.6 is 11.6 Å². The molecule has 2 nitrogen and oxygen atoms in total. The minimum Gasteiger partial charge on any atom is -0.330 e. The first-order chi connectivity index (χ1) is 4.27. The lowest BCUT2D eigenvalue weighted by molar-refractivity contribution is -0.111. The Balaban J connectivity index is 2.83. The van der Waals surface area contributed by atoms with E-state index >= 15 is 0 Å². The molecule has 0 bridgehead atoms. The van der Waals surface area contributed by atoms with Crippen molar-refractivity contribution in [3.63, 3.8) is 0 Å². The van der Waals surface area contributed by atoms with E-state index in [9.17, 15) is 4.79 Å². The first kappa shape index (κ1) is 8.92. The second kappa shape index (κ2) is 6.05. The van der Waals surface area contributed by atoms with Gasteiger partial charge >= 0.3 is 0 Å². The Morgan fingerprint density at radius 3 is 2.44 bits per heavy atom. The lowest BCUT2D eigenvalue weighted by Crippen LogP contribution is -1.98. The normalized spacial score (nSPS) is 9.56. The molecule has 0 atom stereocenters. The summed E-state index contributed by atoms with van der Waals surface area (Å²) in [5.74, 6) is 0. The molecule has 0 aromatic heterocycles. The highest BCUT2D eigenvalue weighted by Gasteiger charge is 1.93. The molecule has 54 valence electrons. The van der Waals surface area contributed by atoms with Crippen LogP contribution in [0.5, 0.6) is 0 Å². The summed E-state index contributed by atoms with van der Waals surface area (Å²) in [4.78, 5) is 10.1. The van der Waals surface area contributed by atoms with Crippen LogP contribution in [0.15, 0.2) is 0 Å². The topological polar surface area (TPSA) is 43.1 Å². The third-order valence-electron chi connectivity index (χ3n) is 1.08. The Labute approximate surface area is 60.4 Å². The maximum absolute atomic E-state index is 10.1. The highest BCUT2D eigenvalue weighted by molar-refractivity contribution is 6.63. The Morgan fingerprint density at radius 2 is 2.00 bits per heavy atom. The number of carbonyl (C=O) groups is 1. The largest absolute Gasteiger partial charge is 0.330 e. The molecule has 3 heteroatoms. The highest BCUT2D eigenvalue weighted by Crippen LogP contribution is 2.00. The van der Waals surface area contributed by atoms with Gasteiger partial charge in [0.25, 0.3) is 0 Å². The number of hydrogen-bond acceptors (Lipinski definition) is 2. The summed E-state index contributed by atoms with van der Waals surface area (Å²) in [6.07, 6.45) is 3.36. The number of nitrogens with two attached hydrogens (primary N) is 1. The highest BCUT2D eigenvalue weighted by atomic mass is 35.5. The van der Waals surface area contributed by atoms with Crippen LogP contribution in [0.4, 0.5) is 0 Å². The van der Waals surface area contributed by atoms with Crippen LogP contribution in [0.3, 0.4) is 0 Å². The van der Waals surface area contributed by atoms with Crippen molar-refractivity contribution in [3.8, 4) is 0 Å². The molecule has 0 heterocycles. The molecule has 9 heavy (non-hydrogen) atoms. The first-order valence-corrected chi connectivity index (χ1v) is 3.53. The average molecular weight is 150 g/mol. The fraction of sp³-hybridized carbons (Fsp3) is 0.833. The molecule has 0 radical (unpaired) electrons. The first-order valence-electron chi connectivity index (χ1n) is 3.15. The van der Waals surface area contributed by atoms with Crippen LogP contribution in [0.1, 0.15) is 25.7 Å². The number of unbranched alkanes of at least 4 members (excludes halogenated alkanes) is 2. The van der Waals surface area contributed by atoms with E-state index in [2.05, 4.69) is 0 Å². The van der Waals surface area contributed by atoms with Crippen molar-refractivity contribution in [3.05, 3.63) is 0 Å². The third kappa shape index (κ3) is 7.92. The fourth-order valence-corrected chi connectivity index (χ4v) is 0.719. The predicted octanol–water partition coefficient (Wildman–Crippen LogP) is 1.27. The van der Waals surface area contributed by atoms with Crippen molar-refractivity contribution in [2.75, 3.05) is 6.54 Å². The number of rotatable bonds is 5. The van der Waals surface area contributed by atoms with Gasteiger partial charge < -0.3 is 5.73 Å². The van der Waals surface area contributed by atoms with Crippen LogP contribution in [-0.4, -0.2) is 11.8 Å². The summed E-state index contributed by atoms with van der Waals surface area (Å²) >= 11 is 5.09. The molecule has 0 rings (SSSR count). The zero-order valence-electron chi connectivity index (χ0n) is 5.40. The smallest absolute Gasteiger partial charge is 0.221 e. The van der Waals surface area contributed by atoms with E-state index in [1.54, 1.807) is 0 Å². The molecule has 0 unspecified atom stereocenters. The summed E-state index contributed by atoms with van der Waals surface area (Å²) in [6.45, 7) is 0.705. The van der Waals surface area contributed by atoms with Crippen LogP contribution < -0.4 is 5.73 Å². The molecule has 0 aliphatic rings. The lowest BCUT2D eigenvalue weighted by Gasteiger charge is -1.92. The number of carbonyl (C=O) groups excluding carboxylic acids is 1. The van der Waals surface area contributed by atoms with Crippen molar-refractivity contribution in [2.24, 2.45) is 5.73 Å². The molecule has 0 saturated carbocycles. The van der Waals surface area contributed by atoms with Gasteiger partial charge in [-0.25, -0.2) is 0 Å². The van der Waals surface area contributed by atoms with E-state index < -0.39 is 0 Å². The summed E-state index contributed by atoms with van der Waals surface area (Å²) in [6, 6.07) is 0. The molecule has 0 aromatic carbocycles. The van der Waals surface area contributed by atoms with Gasteiger partial charge in [0, 0.05) is 6.42 Å². The minimum atomic E-state index is -0.243. The number of hydrogen-bond donors (Lipinski definition) is 1. The Bertz CT molecular complexity index is 85.1. The van der Waals surface area contributed by atoms with E-state index in [0.29, 0.717) is 13.0 Å². The van der Waals surface area contributed by atoms with E-state index in [1.165, 1.54) is 0 Å². The minimum absolute atomic E-state index is 0.243. The van der Waals surface area contributed by atoms with Crippen LogP contribution in [0.2, 0.25) is 0 Å². The average Bonchev–Trinajstić information content (AvgIpc) is 1.80. The van der Waals surface area contributed by atoms with Crippen molar-refractivity contribution in [1.29, 1.82) is 0 Å². The Morgan fingerprint density at radius 1 is 1.33 bits per heavy atom. The SMILES string of the molecule is NCCCCCC(=O)Cl. The maximum Gasteiger partial charge on any atom is 0.221 e. The van der Waals surface area contributed by atoms with Gasteiger partial charge in [-0.2, -0.15) is 0 Å². The van der Waals surface area contributed by atoms with E-state index in [1.807, 2.05) is 0 Å². The predicted molar refractivity (Wildman–Crippen MR) is 38.4 cm³/mol. The molecular weight excluding hydrogens is 138 g/mol. The van der Waals surface area contributed by atoms with Crippen LogP contribution in [-0.2, 0) is 4.79 Å². The molecule has 0 amide bonds. The zero-order chi connectivity index (χ0) is 7.11. The summed E-state index contributed by atoms with van der Waals surface area (Å²) < 4.78 is 0. The molecule has 0 spiro atoms. The van der Waals surface area contributed by atoms with Crippen molar-refractivity contribution < 1.29 is 4.79 Å². The molecule has 0 fully saturated rings. The van der Waals surface area contributed by atoms with Gasteiger partial charge in [-0.3, -0.25) is 4.79 Å². The Kier molecular flexibility index (Phi) is 5.99. The van der Waals surface area contributed by atoms with E-state index in [4.69, 9.17) is 17.3 Å². The third-order valence-corrected chi connectivity index (χ3v) is 1.27. The van der Waals surface area contributed by atoms with Gasteiger partial charge in [-0.15, -0.1) is 0 Å². The van der Waals surface area contributed by atoms with E-state index in [-0.39, 0.29) is 5.24 Å².